The Hall–Kier alpha value is -5.14. The summed E-state index contributed by atoms with van der Waals surface area (Å²) in [6, 6.07) is 0. The standard InChI is InChI=1S/C41H60O14/c1-13-27(42)52-23-25-54-39-35(48-19-7)31(44-15-3)29(32(45-16-4)36(39)49-20-8)41(11,12)30-33(46-17-5)37(50-21-9)40(55-26-24-53-28(43)14-2)38(51-22-10)34(30)47-18-6/h13-14H,1-2,15-26H2,3-12H3. The van der Waals surface area contributed by atoms with Crippen LogP contribution in [0.5, 0.6) is 57.5 Å². The zero-order chi connectivity index (χ0) is 41.0. The van der Waals surface area contributed by atoms with Crippen LogP contribution in [-0.2, 0) is 24.5 Å². The Morgan fingerprint density at radius 3 is 0.836 bits per heavy atom. The molecule has 14 heteroatoms. The van der Waals surface area contributed by atoms with Gasteiger partial charge in [0.1, 0.15) is 26.4 Å². The lowest BCUT2D eigenvalue weighted by molar-refractivity contribution is -0.139. The fourth-order valence-corrected chi connectivity index (χ4v) is 5.72. The van der Waals surface area contributed by atoms with Gasteiger partial charge in [0.2, 0.25) is 34.5 Å². The number of rotatable bonds is 28. The minimum absolute atomic E-state index is 0.0355. The average Bonchev–Trinajstić information content (AvgIpc) is 3.16. The van der Waals surface area contributed by atoms with E-state index in [1.165, 1.54) is 0 Å². The molecule has 0 saturated carbocycles. The lowest BCUT2D eigenvalue weighted by Gasteiger charge is -2.36. The highest BCUT2D eigenvalue weighted by atomic mass is 16.6. The summed E-state index contributed by atoms with van der Waals surface area (Å²) in [4.78, 5) is 23.6. The second-order valence-electron chi connectivity index (χ2n) is 11.6. The van der Waals surface area contributed by atoms with Crippen LogP contribution in [0.15, 0.2) is 25.3 Å². The molecule has 0 aromatic heterocycles. The number of carbonyl (C=O) groups excluding carboxylic acids is 2. The first-order chi connectivity index (χ1) is 26.5. The van der Waals surface area contributed by atoms with Gasteiger partial charge in [-0.05, 0) is 55.4 Å². The Kier molecular flexibility index (Phi) is 19.7. The van der Waals surface area contributed by atoms with Crippen LogP contribution in [0, 0.1) is 0 Å². The summed E-state index contributed by atoms with van der Waals surface area (Å²) < 4.78 is 74.0. The van der Waals surface area contributed by atoms with E-state index < -0.39 is 17.4 Å². The molecule has 0 unspecified atom stereocenters. The zero-order valence-electron chi connectivity index (χ0n) is 34.3. The summed E-state index contributed by atoms with van der Waals surface area (Å²) >= 11 is 0. The molecule has 0 spiro atoms. The first-order valence-electron chi connectivity index (χ1n) is 18.9. The topological polar surface area (TPSA) is 145 Å². The smallest absolute Gasteiger partial charge is 0.330 e. The molecule has 55 heavy (non-hydrogen) atoms. The summed E-state index contributed by atoms with van der Waals surface area (Å²) in [7, 11) is 0. The SMILES string of the molecule is C=CC(=O)OCCOc1c(OCC)c(OCC)c(C(C)(C)c2c(OCC)c(OCC)c(OCCOC(=O)C=C)c(OCC)c2OCC)c(OCC)c1OCC. The molecule has 0 saturated heterocycles. The molecular weight excluding hydrogens is 716 g/mol. The summed E-state index contributed by atoms with van der Waals surface area (Å²) in [5.74, 6) is 1.59. The van der Waals surface area contributed by atoms with Crippen molar-refractivity contribution < 1.29 is 66.4 Å². The van der Waals surface area contributed by atoms with Gasteiger partial charge in [0.15, 0.2) is 23.0 Å². The monoisotopic (exact) mass is 776 g/mol. The summed E-state index contributed by atoms with van der Waals surface area (Å²) in [6.45, 7) is 27.4. The normalized spacial score (nSPS) is 10.8. The van der Waals surface area contributed by atoms with Gasteiger partial charge in [-0.3, -0.25) is 0 Å². The van der Waals surface area contributed by atoms with Crippen LogP contribution >= 0.6 is 0 Å². The third-order valence-corrected chi connectivity index (χ3v) is 7.60. The largest absolute Gasteiger partial charge is 0.489 e. The van der Waals surface area contributed by atoms with E-state index in [1.807, 2.05) is 69.2 Å². The molecule has 0 N–H and O–H groups in total. The van der Waals surface area contributed by atoms with E-state index in [4.69, 9.17) is 56.8 Å². The van der Waals surface area contributed by atoms with Gasteiger partial charge in [0, 0.05) is 17.6 Å². The molecule has 0 aliphatic rings. The molecule has 0 heterocycles. The summed E-state index contributed by atoms with van der Waals surface area (Å²) in [6.07, 6.45) is 2.16. The lowest BCUT2D eigenvalue weighted by atomic mass is 9.75. The predicted molar refractivity (Wildman–Crippen MR) is 208 cm³/mol. The van der Waals surface area contributed by atoms with E-state index in [9.17, 15) is 9.59 Å². The Labute approximate surface area is 325 Å². The molecule has 308 valence electrons. The minimum atomic E-state index is -1.13. The van der Waals surface area contributed by atoms with Gasteiger partial charge in [-0.15, -0.1) is 0 Å². The molecule has 0 amide bonds. The number of benzene rings is 2. The Balaban J connectivity index is 3.24. The molecule has 0 atom stereocenters. The molecule has 0 bridgehead atoms. The second-order valence-corrected chi connectivity index (χ2v) is 11.6. The fraction of sp³-hybridized carbons (Fsp3) is 0.561. The zero-order valence-corrected chi connectivity index (χ0v) is 34.3. The van der Waals surface area contributed by atoms with Gasteiger partial charge in [-0.25, -0.2) is 9.59 Å². The van der Waals surface area contributed by atoms with Crippen molar-refractivity contribution in [3.05, 3.63) is 36.4 Å². The molecule has 14 nitrogen and oxygen atoms in total. The van der Waals surface area contributed by atoms with E-state index in [2.05, 4.69) is 13.2 Å². The maximum absolute atomic E-state index is 11.8. The Morgan fingerprint density at radius 1 is 0.400 bits per heavy atom. The maximum atomic E-state index is 11.8. The highest BCUT2D eigenvalue weighted by Gasteiger charge is 2.45. The minimum Gasteiger partial charge on any atom is -0.489 e. The van der Waals surface area contributed by atoms with Crippen LogP contribution < -0.4 is 47.4 Å². The molecule has 2 aromatic carbocycles. The van der Waals surface area contributed by atoms with E-state index in [0.29, 0.717) is 34.1 Å². The van der Waals surface area contributed by atoms with Crippen LogP contribution in [0.1, 0.15) is 80.4 Å². The van der Waals surface area contributed by atoms with Gasteiger partial charge in [-0.2, -0.15) is 0 Å². The molecular formula is C41H60O14. The van der Waals surface area contributed by atoms with Crippen LogP contribution in [0.2, 0.25) is 0 Å². The van der Waals surface area contributed by atoms with Crippen molar-refractivity contribution in [3.63, 3.8) is 0 Å². The third-order valence-electron chi connectivity index (χ3n) is 7.60. The van der Waals surface area contributed by atoms with Crippen molar-refractivity contribution in [2.45, 2.75) is 74.7 Å². The molecule has 0 radical (unpaired) electrons. The van der Waals surface area contributed by atoms with Crippen molar-refractivity contribution in [1.29, 1.82) is 0 Å². The number of hydrogen-bond acceptors (Lipinski definition) is 14. The predicted octanol–water partition coefficient (Wildman–Crippen LogP) is 7.42. The highest BCUT2D eigenvalue weighted by molar-refractivity contribution is 5.81. The van der Waals surface area contributed by atoms with Crippen LogP contribution in [0.4, 0.5) is 0 Å². The van der Waals surface area contributed by atoms with Crippen molar-refractivity contribution >= 4 is 11.9 Å². The summed E-state index contributed by atoms with van der Waals surface area (Å²) in [5, 5.41) is 0. The lowest BCUT2D eigenvalue weighted by Crippen LogP contribution is -2.26. The van der Waals surface area contributed by atoms with E-state index in [1.54, 1.807) is 0 Å². The summed E-state index contributed by atoms with van der Waals surface area (Å²) in [5.41, 5.74) is -0.0641. The maximum Gasteiger partial charge on any atom is 0.330 e. The van der Waals surface area contributed by atoms with Gasteiger partial charge < -0.3 is 56.8 Å². The molecule has 0 aliphatic heterocycles. The van der Waals surface area contributed by atoms with Gasteiger partial charge in [0.25, 0.3) is 0 Å². The van der Waals surface area contributed by atoms with E-state index >= 15 is 0 Å². The van der Waals surface area contributed by atoms with Crippen molar-refractivity contribution in [1.82, 2.24) is 0 Å². The third kappa shape index (κ3) is 11.4. The number of carbonyl (C=O) groups is 2. The van der Waals surface area contributed by atoms with Gasteiger partial charge >= 0.3 is 11.9 Å². The van der Waals surface area contributed by atoms with Gasteiger partial charge in [0.05, 0.1) is 64.0 Å². The number of ether oxygens (including phenoxy) is 12. The van der Waals surface area contributed by atoms with E-state index in [0.717, 1.165) is 12.2 Å². The van der Waals surface area contributed by atoms with Gasteiger partial charge in [-0.1, -0.05) is 27.0 Å². The average molecular weight is 777 g/mol. The van der Waals surface area contributed by atoms with Crippen molar-refractivity contribution in [2.24, 2.45) is 0 Å². The molecule has 0 aliphatic carbocycles. The number of esters is 2. The quantitative estimate of drug-likeness (QED) is 0.0480. The second kappa shape index (κ2) is 23.6. The Morgan fingerprint density at radius 2 is 0.618 bits per heavy atom. The molecule has 0 fully saturated rings. The van der Waals surface area contributed by atoms with E-state index in [-0.39, 0.29) is 114 Å². The first kappa shape index (κ1) is 46.0. The van der Waals surface area contributed by atoms with Crippen molar-refractivity contribution in [3.8, 4) is 57.5 Å². The fourth-order valence-electron chi connectivity index (χ4n) is 5.72. The molecule has 2 rings (SSSR count). The molecule has 2 aromatic rings. The highest BCUT2D eigenvalue weighted by Crippen LogP contribution is 2.63. The first-order valence-corrected chi connectivity index (χ1v) is 18.9. The number of hydrogen-bond donors (Lipinski definition) is 0. The van der Waals surface area contributed by atoms with Crippen LogP contribution in [0.25, 0.3) is 0 Å². The van der Waals surface area contributed by atoms with Crippen molar-refractivity contribution in [2.75, 3.05) is 79.3 Å². The van der Waals surface area contributed by atoms with Crippen LogP contribution in [0.3, 0.4) is 0 Å². The Bertz CT molecular complexity index is 1380. The van der Waals surface area contributed by atoms with Crippen LogP contribution in [-0.4, -0.2) is 91.2 Å².